The lowest BCUT2D eigenvalue weighted by molar-refractivity contribution is -0.122. The maximum atomic E-state index is 13.5. The van der Waals surface area contributed by atoms with Crippen molar-refractivity contribution in [1.82, 2.24) is 10.2 Å². The molecule has 1 aliphatic heterocycles. The average Bonchev–Trinajstić information content (AvgIpc) is 2.64. The van der Waals surface area contributed by atoms with Crippen molar-refractivity contribution >= 4 is 11.6 Å². The number of aryl methyl sites for hydroxylation is 1. The molecule has 0 saturated carbocycles. The van der Waals surface area contributed by atoms with E-state index in [2.05, 4.69) is 15.1 Å². The first-order valence-electron chi connectivity index (χ1n) is 8.79. The lowest BCUT2D eigenvalue weighted by Crippen LogP contribution is -2.49. The van der Waals surface area contributed by atoms with Gasteiger partial charge in [-0.15, -0.1) is 0 Å². The number of phenolic OH excluding ortho intramolecular Hbond substituents is 1. The Morgan fingerprint density at radius 2 is 1.81 bits per heavy atom. The minimum atomic E-state index is -0.248. The van der Waals surface area contributed by atoms with Gasteiger partial charge in [-0.2, -0.15) is 0 Å². The summed E-state index contributed by atoms with van der Waals surface area (Å²) in [6.07, 6.45) is 0. The van der Waals surface area contributed by atoms with E-state index in [9.17, 15) is 14.3 Å². The van der Waals surface area contributed by atoms with Crippen molar-refractivity contribution < 1.29 is 14.3 Å². The van der Waals surface area contributed by atoms with E-state index in [4.69, 9.17) is 0 Å². The lowest BCUT2D eigenvalue weighted by Gasteiger charge is -2.35. The van der Waals surface area contributed by atoms with Gasteiger partial charge in [-0.05, 0) is 48.4 Å². The van der Waals surface area contributed by atoms with Gasteiger partial charge in [-0.3, -0.25) is 9.69 Å². The zero-order valence-corrected chi connectivity index (χ0v) is 14.9. The van der Waals surface area contributed by atoms with Gasteiger partial charge in [-0.25, -0.2) is 4.39 Å². The van der Waals surface area contributed by atoms with Gasteiger partial charge in [-0.1, -0.05) is 12.1 Å². The summed E-state index contributed by atoms with van der Waals surface area (Å²) in [7, 11) is 0. The van der Waals surface area contributed by atoms with Crippen LogP contribution in [0.4, 0.5) is 10.1 Å². The molecule has 0 bridgehead atoms. The number of halogens is 1. The Labute approximate surface area is 153 Å². The maximum Gasteiger partial charge on any atom is 0.234 e. The van der Waals surface area contributed by atoms with Crippen molar-refractivity contribution in [3.05, 3.63) is 59.4 Å². The molecular weight excluding hydrogens is 333 g/mol. The average molecular weight is 357 g/mol. The molecule has 1 aliphatic rings. The van der Waals surface area contributed by atoms with E-state index in [1.165, 1.54) is 6.07 Å². The van der Waals surface area contributed by atoms with Crippen molar-refractivity contribution in [2.45, 2.75) is 13.5 Å². The van der Waals surface area contributed by atoms with Crippen LogP contribution >= 0.6 is 0 Å². The normalized spacial score (nSPS) is 15.1. The number of hydrogen-bond acceptors (Lipinski definition) is 4. The quantitative estimate of drug-likeness (QED) is 0.862. The Bertz CT molecular complexity index is 756. The van der Waals surface area contributed by atoms with E-state index >= 15 is 0 Å². The van der Waals surface area contributed by atoms with Crippen LogP contribution in [0.1, 0.15) is 11.1 Å². The molecule has 1 saturated heterocycles. The maximum absolute atomic E-state index is 13.5. The SMILES string of the molecule is Cc1ccc(CNC(=O)CN2CCN(c3ccc(O)cc3)CC2)cc1F. The molecule has 3 rings (SSSR count). The van der Waals surface area contributed by atoms with Crippen LogP contribution in [-0.2, 0) is 11.3 Å². The largest absolute Gasteiger partial charge is 0.508 e. The van der Waals surface area contributed by atoms with Crippen molar-refractivity contribution in [3.63, 3.8) is 0 Å². The van der Waals surface area contributed by atoms with Gasteiger partial charge in [0.25, 0.3) is 0 Å². The molecule has 2 aromatic carbocycles. The number of rotatable bonds is 5. The van der Waals surface area contributed by atoms with Crippen LogP contribution in [0.15, 0.2) is 42.5 Å². The van der Waals surface area contributed by atoms with Gasteiger partial charge in [0, 0.05) is 38.4 Å². The Morgan fingerprint density at radius 1 is 1.12 bits per heavy atom. The third-order valence-electron chi connectivity index (χ3n) is 4.68. The Balaban J connectivity index is 1.43. The zero-order valence-electron chi connectivity index (χ0n) is 14.9. The van der Waals surface area contributed by atoms with Crippen LogP contribution in [0.3, 0.4) is 0 Å². The number of aromatic hydroxyl groups is 1. The minimum Gasteiger partial charge on any atom is -0.508 e. The van der Waals surface area contributed by atoms with Crippen molar-refractivity contribution in [2.75, 3.05) is 37.6 Å². The number of piperazine rings is 1. The monoisotopic (exact) mass is 357 g/mol. The number of hydrogen-bond donors (Lipinski definition) is 2. The molecule has 6 heteroatoms. The highest BCUT2D eigenvalue weighted by Gasteiger charge is 2.19. The number of nitrogens with one attached hydrogen (secondary N) is 1. The first-order chi connectivity index (χ1) is 12.5. The highest BCUT2D eigenvalue weighted by Crippen LogP contribution is 2.19. The summed E-state index contributed by atoms with van der Waals surface area (Å²) in [5.41, 5.74) is 2.44. The molecule has 1 fully saturated rings. The second-order valence-electron chi connectivity index (χ2n) is 6.64. The summed E-state index contributed by atoms with van der Waals surface area (Å²) in [5, 5.41) is 12.2. The predicted molar refractivity (Wildman–Crippen MR) is 99.7 cm³/mol. The Morgan fingerprint density at radius 3 is 2.46 bits per heavy atom. The van der Waals surface area contributed by atoms with Crippen LogP contribution in [0.25, 0.3) is 0 Å². The van der Waals surface area contributed by atoms with Crippen LogP contribution in [-0.4, -0.2) is 48.6 Å². The fourth-order valence-corrected chi connectivity index (χ4v) is 3.03. The number of amides is 1. The first-order valence-corrected chi connectivity index (χ1v) is 8.79. The number of phenols is 1. The summed E-state index contributed by atoms with van der Waals surface area (Å²) in [6, 6.07) is 12.2. The predicted octanol–water partition coefficient (Wildman–Crippen LogP) is 2.28. The Kier molecular flexibility index (Phi) is 5.73. The second-order valence-corrected chi connectivity index (χ2v) is 6.64. The van der Waals surface area contributed by atoms with Gasteiger partial charge in [0.05, 0.1) is 6.54 Å². The topological polar surface area (TPSA) is 55.8 Å². The smallest absolute Gasteiger partial charge is 0.234 e. The number of nitrogens with zero attached hydrogens (tertiary/aromatic N) is 2. The fourth-order valence-electron chi connectivity index (χ4n) is 3.03. The van der Waals surface area contributed by atoms with E-state index < -0.39 is 0 Å². The molecule has 2 N–H and O–H groups in total. The summed E-state index contributed by atoms with van der Waals surface area (Å²) < 4.78 is 13.5. The van der Waals surface area contributed by atoms with Crippen LogP contribution in [0, 0.1) is 12.7 Å². The molecule has 26 heavy (non-hydrogen) atoms. The number of anilines is 1. The first kappa shape index (κ1) is 18.2. The fraction of sp³-hybridized carbons (Fsp3) is 0.350. The number of carbonyl (C=O) groups excluding carboxylic acids is 1. The summed E-state index contributed by atoms with van der Waals surface area (Å²) in [5.74, 6) is -0.0383. The molecule has 1 amide bonds. The molecule has 0 aromatic heterocycles. The summed E-state index contributed by atoms with van der Waals surface area (Å²) in [4.78, 5) is 16.5. The van der Waals surface area contributed by atoms with E-state index in [-0.39, 0.29) is 17.5 Å². The molecule has 0 radical (unpaired) electrons. The molecule has 0 unspecified atom stereocenters. The Hall–Kier alpha value is -2.60. The summed E-state index contributed by atoms with van der Waals surface area (Å²) in [6.45, 7) is 5.67. The second kappa shape index (κ2) is 8.19. The van der Waals surface area contributed by atoms with Crippen LogP contribution < -0.4 is 10.2 Å². The van der Waals surface area contributed by atoms with Gasteiger partial charge in [0.2, 0.25) is 5.91 Å². The molecule has 5 nitrogen and oxygen atoms in total. The lowest BCUT2D eigenvalue weighted by atomic mass is 10.1. The van der Waals surface area contributed by atoms with Gasteiger partial charge < -0.3 is 15.3 Å². The summed E-state index contributed by atoms with van der Waals surface area (Å²) >= 11 is 0. The molecule has 2 aromatic rings. The molecular formula is C20H24FN3O2. The van der Waals surface area contributed by atoms with Gasteiger partial charge >= 0.3 is 0 Å². The molecule has 0 spiro atoms. The minimum absolute atomic E-state index is 0.0518. The van der Waals surface area contributed by atoms with Crippen LogP contribution in [0.2, 0.25) is 0 Å². The standard InChI is InChI=1S/C20H24FN3O2/c1-15-2-3-16(12-19(15)21)13-22-20(26)14-23-8-10-24(11-9-23)17-4-6-18(25)7-5-17/h2-7,12,25H,8-11,13-14H2,1H3,(H,22,26). The molecule has 1 heterocycles. The third-order valence-corrected chi connectivity index (χ3v) is 4.68. The van der Waals surface area contributed by atoms with Crippen LogP contribution in [0.5, 0.6) is 5.75 Å². The number of carbonyl (C=O) groups is 1. The van der Waals surface area contributed by atoms with E-state index in [1.54, 1.807) is 25.1 Å². The van der Waals surface area contributed by atoms with Gasteiger partial charge in [0.15, 0.2) is 0 Å². The third kappa shape index (κ3) is 4.73. The number of benzene rings is 2. The van der Waals surface area contributed by atoms with Gasteiger partial charge in [0.1, 0.15) is 11.6 Å². The van der Waals surface area contributed by atoms with Crippen molar-refractivity contribution in [1.29, 1.82) is 0 Å². The zero-order chi connectivity index (χ0) is 18.5. The molecule has 0 aliphatic carbocycles. The highest BCUT2D eigenvalue weighted by molar-refractivity contribution is 5.78. The van der Waals surface area contributed by atoms with E-state index in [0.29, 0.717) is 18.7 Å². The van der Waals surface area contributed by atoms with Crippen molar-refractivity contribution in [2.24, 2.45) is 0 Å². The molecule has 138 valence electrons. The van der Waals surface area contributed by atoms with E-state index in [1.807, 2.05) is 18.2 Å². The van der Waals surface area contributed by atoms with E-state index in [0.717, 1.165) is 37.4 Å². The highest BCUT2D eigenvalue weighted by atomic mass is 19.1. The molecule has 0 atom stereocenters. The van der Waals surface area contributed by atoms with Crippen molar-refractivity contribution in [3.8, 4) is 5.75 Å².